The molecule has 1 aliphatic carbocycles. The molecule has 0 heterocycles. The van der Waals surface area contributed by atoms with E-state index in [9.17, 15) is 4.79 Å². The zero-order chi connectivity index (χ0) is 29.7. The van der Waals surface area contributed by atoms with Crippen molar-refractivity contribution in [2.45, 2.75) is 155 Å². The number of fused-ring (bicyclic) bond motifs is 1. The lowest BCUT2D eigenvalue weighted by molar-refractivity contribution is -0.134. The monoisotopic (exact) mass is 558 g/mol. The molecule has 226 valence electrons. The van der Waals surface area contributed by atoms with Crippen LogP contribution in [0.25, 0.3) is 11.6 Å². The van der Waals surface area contributed by atoms with E-state index in [1.54, 1.807) is 0 Å². The number of carbonyl (C=O) groups is 1. The average Bonchev–Trinajstić information content (AvgIpc) is 2.94. The summed E-state index contributed by atoms with van der Waals surface area (Å²) in [5.74, 6) is 0.518. The molecule has 2 aromatic rings. The van der Waals surface area contributed by atoms with E-state index >= 15 is 0 Å². The minimum atomic E-state index is -0.118. The topological polar surface area (TPSA) is 26.3 Å². The molecule has 0 unspecified atom stereocenters. The summed E-state index contributed by atoms with van der Waals surface area (Å²) in [6.45, 7) is 14.0. The van der Waals surface area contributed by atoms with E-state index in [1.165, 1.54) is 106 Å². The highest BCUT2D eigenvalue weighted by molar-refractivity contribution is 5.81. The van der Waals surface area contributed by atoms with Crippen molar-refractivity contribution in [2.24, 2.45) is 0 Å². The van der Waals surface area contributed by atoms with Crippen LogP contribution in [0, 0.1) is 0 Å². The van der Waals surface area contributed by atoms with Gasteiger partial charge in [0.1, 0.15) is 5.75 Å². The first-order chi connectivity index (χ1) is 19.6. The number of hydrogen-bond donors (Lipinski definition) is 0. The van der Waals surface area contributed by atoms with Crippen LogP contribution in [0.3, 0.4) is 0 Å². The van der Waals surface area contributed by atoms with Gasteiger partial charge in [-0.2, -0.15) is 0 Å². The molecule has 3 rings (SSSR count). The van der Waals surface area contributed by atoms with Crippen molar-refractivity contribution in [3.8, 4) is 5.75 Å². The predicted octanol–water partition coefficient (Wildman–Crippen LogP) is 12.0. The van der Waals surface area contributed by atoms with Gasteiger partial charge in [0.05, 0.1) is 0 Å². The van der Waals surface area contributed by atoms with Crippen LogP contribution in [0.4, 0.5) is 0 Å². The van der Waals surface area contributed by atoms with E-state index in [2.05, 4.69) is 65.8 Å². The summed E-state index contributed by atoms with van der Waals surface area (Å²) in [6, 6.07) is 15.0. The quantitative estimate of drug-likeness (QED) is 0.0835. The lowest BCUT2D eigenvalue weighted by Crippen LogP contribution is -2.33. The predicted molar refractivity (Wildman–Crippen MR) is 178 cm³/mol. The Bertz CT molecular complexity index is 1100. The van der Waals surface area contributed by atoms with Crippen LogP contribution in [0.1, 0.15) is 167 Å². The number of benzene rings is 2. The lowest BCUT2D eigenvalue weighted by atomic mass is 9.63. The van der Waals surface area contributed by atoms with Crippen LogP contribution >= 0.6 is 0 Å². The third kappa shape index (κ3) is 10.8. The van der Waals surface area contributed by atoms with Gasteiger partial charge in [0.2, 0.25) is 0 Å². The fourth-order valence-corrected chi connectivity index (χ4v) is 6.27. The molecule has 0 amide bonds. The SMILES string of the molecule is CCCCCCCCCCCCCCCC(=O)Oc1ccc(C=C(C)c2ccc3c(c2)C(C)(C)CCC3(C)C)cc1. The zero-order valence-corrected chi connectivity index (χ0v) is 27.2. The Morgan fingerprint density at radius 3 is 1.78 bits per heavy atom. The van der Waals surface area contributed by atoms with Crippen molar-refractivity contribution >= 4 is 17.6 Å². The molecule has 2 nitrogen and oxygen atoms in total. The van der Waals surface area contributed by atoms with Crippen LogP contribution in [0.2, 0.25) is 0 Å². The van der Waals surface area contributed by atoms with Gasteiger partial charge in [-0.3, -0.25) is 4.79 Å². The highest BCUT2D eigenvalue weighted by Crippen LogP contribution is 2.46. The van der Waals surface area contributed by atoms with E-state index in [-0.39, 0.29) is 16.8 Å². The number of rotatable bonds is 17. The standard InChI is InChI=1S/C39H58O2/c1-7-8-9-10-11-12-13-14-15-16-17-18-19-20-37(40)41-34-24-21-32(22-25-34)29-31(2)33-23-26-35-36(30-33)39(5,6)28-27-38(35,3)4/h21-26,29-30H,7-20,27-28H2,1-6H3. The Hall–Kier alpha value is -2.35. The van der Waals surface area contributed by atoms with Crippen LogP contribution < -0.4 is 4.74 Å². The third-order valence-corrected chi connectivity index (χ3v) is 9.29. The zero-order valence-electron chi connectivity index (χ0n) is 27.2. The van der Waals surface area contributed by atoms with Gasteiger partial charge in [-0.05, 0) is 77.0 Å². The van der Waals surface area contributed by atoms with Crippen molar-refractivity contribution in [1.29, 1.82) is 0 Å². The van der Waals surface area contributed by atoms with Crippen molar-refractivity contribution in [3.05, 3.63) is 64.7 Å². The van der Waals surface area contributed by atoms with Crippen LogP contribution in [-0.2, 0) is 15.6 Å². The van der Waals surface area contributed by atoms with Gasteiger partial charge in [0, 0.05) is 6.42 Å². The third-order valence-electron chi connectivity index (χ3n) is 9.29. The minimum Gasteiger partial charge on any atom is -0.427 e. The molecule has 2 heteroatoms. The number of ether oxygens (including phenoxy) is 1. The maximum atomic E-state index is 12.3. The first kappa shape index (κ1) is 33.2. The molecule has 0 N–H and O–H groups in total. The van der Waals surface area contributed by atoms with Crippen molar-refractivity contribution in [2.75, 3.05) is 0 Å². The summed E-state index contributed by atoms with van der Waals surface area (Å²) < 4.78 is 5.61. The maximum Gasteiger partial charge on any atom is 0.311 e. The maximum absolute atomic E-state index is 12.3. The summed E-state index contributed by atoms with van der Waals surface area (Å²) in [5, 5.41) is 0. The second-order valence-electron chi connectivity index (χ2n) is 13.9. The number of unbranched alkanes of at least 4 members (excludes halogenated alkanes) is 12. The summed E-state index contributed by atoms with van der Waals surface area (Å²) in [6.07, 6.45) is 22.2. The number of hydrogen-bond acceptors (Lipinski definition) is 2. The van der Waals surface area contributed by atoms with E-state index in [4.69, 9.17) is 4.74 Å². The van der Waals surface area contributed by atoms with Gasteiger partial charge >= 0.3 is 5.97 Å². The molecule has 0 radical (unpaired) electrons. The molecular weight excluding hydrogens is 500 g/mol. The van der Waals surface area contributed by atoms with Crippen molar-refractivity contribution in [1.82, 2.24) is 0 Å². The molecule has 1 aliphatic rings. The van der Waals surface area contributed by atoms with Crippen LogP contribution in [0.15, 0.2) is 42.5 Å². The molecule has 0 atom stereocenters. The highest BCUT2D eigenvalue weighted by atomic mass is 16.5. The fourth-order valence-electron chi connectivity index (χ4n) is 6.27. The van der Waals surface area contributed by atoms with Gasteiger partial charge < -0.3 is 4.74 Å². The molecule has 0 bridgehead atoms. The van der Waals surface area contributed by atoms with E-state index in [0.29, 0.717) is 12.2 Å². The smallest absolute Gasteiger partial charge is 0.311 e. The molecule has 0 fully saturated rings. The summed E-state index contributed by atoms with van der Waals surface area (Å²) in [5.41, 5.74) is 7.08. The van der Waals surface area contributed by atoms with Gasteiger partial charge in [-0.15, -0.1) is 0 Å². The molecule has 0 aromatic heterocycles. The molecule has 0 aliphatic heterocycles. The van der Waals surface area contributed by atoms with Gasteiger partial charge in [0.15, 0.2) is 0 Å². The Kier molecular flexibility index (Phi) is 13.2. The Balaban J connectivity index is 1.37. The minimum absolute atomic E-state index is 0.118. The summed E-state index contributed by atoms with van der Waals surface area (Å²) >= 11 is 0. The van der Waals surface area contributed by atoms with Crippen molar-refractivity contribution < 1.29 is 9.53 Å². The van der Waals surface area contributed by atoms with Gasteiger partial charge in [-0.1, -0.05) is 148 Å². The molecule has 0 saturated carbocycles. The van der Waals surface area contributed by atoms with Crippen LogP contribution in [-0.4, -0.2) is 5.97 Å². The molecule has 0 saturated heterocycles. The van der Waals surface area contributed by atoms with Crippen molar-refractivity contribution in [3.63, 3.8) is 0 Å². The largest absolute Gasteiger partial charge is 0.427 e. The van der Waals surface area contributed by atoms with E-state index in [1.807, 2.05) is 24.3 Å². The summed E-state index contributed by atoms with van der Waals surface area (Å²) in [7, 11) is 0. The Labute approximate surface area is 252 Å². The lowest BCUT2D eigenvalue weighted by Gasteiger charge is -2.42. The molecule has 41 heavy (non-hydrogen) atoms. The number of allylic oxidation sites excluding steroid dienone is 1. The molecular formula is C39H58O2. The average molecular weight is 559 g/mol. The number of esters is 1. The molecule has 0 spiro atoms. The normalized spacial score (nSPS) is 15.9. The van der Waals surface area contributed by atoms with E-state index in [0.717, 1.165) is 18.4 Å². The Morgan fingerprint density at radius 1 is 0.707 bits per heavy atom. The highest BCUT2D eigenvalue weighted by Gasteiger charge is 2.36. The fraction of sp³-hybridized carbons (Fsp3) is 0.615. The van der Waals surface area contributed by atoms with E-state index < -0.39 is 0 Å². The Morgan fingerprint density at radius 2 is 1.22 bits per heavy atom. The second-order valence-corrected chi connectivity index (χ2v) is 13.9. The molecule has 2 aromatic carbocycles. The van der Waals surface area contributed by atoms with Gasteiger partial charge in [-0.25, -0.2) is 0 Å². The first-order valence-electron chi connectivity index (χ1n) is 16.8. The second kappa shape index (κ2) is 16.3. The van der Waals surface area contributed by atoms with Crippen LogP contribution in [0.5, 0.6) is 5.75 Å². The van der Waals surface area contributed by atoms with Gasteiger partial charge in [0.25, 0.3) is 0 Å². The first-order valence-corrected chi connectivity index (χ1v) is 16.8. The number of carbonyl (C=O) groups excluding carboxylic acids is 1. The summed E-state index contributed by atoms with van der Waals surface area (Å²) in [4.78, 5) is 12.3.